The van der Waals surface area contributed by atoms with Crippen molar-refractivity contribution in [2.45, 2.75) is 31.7 Å². The number of hydrogen-bond donors (Lipinski definition) is 1. The van der Waals surface area contributed by atoms with Gasteiger partial charge < -0.3 is 10.1 Å². The second-order valence-electron chi connectivity index (χ2n) is 4.81. The van der Waals surface area contributed by atoms with Crippen LogP contribution in [0, 0.1) is 5.92 Å². The lowest BCUT2D eigenvalue weighted by molar-refractivity contribution is -0.140. The minimum absolute atomic E-state index is 0.150. The topological polar surface area (TPSA) is 38.3 Å². The Kier molecular flexibility index (Phi) is 7.60. The zero-order valence-corrected chi connectivity index (χ0v) is 12.8. The largest absolute Gasteiger partial charge is 0.469 e. The molecule has 0 spiro atoms. The van der Waals surface area contributed by atoms with Crippen LogP contribution in [0.3, 0.4) is 0 Å². The third-order valence-electron chi connectivity index (χ3n) is 2.63. The SMILES string of the molecule is COC(=O)CCSc1ccccc1CNCC(C)C. The average molecular weight is 281 g/mol. The van der Waals surface area contributed by atoms with E-state index in [1.54, 1.807) is 11.8 Å². The summed E-state index contributed by atoms with van der Waals surface area (Å²) in [6.45, 7) is 6.29. The zero-order chi connectivity index (χ0) is 14.1. The molecule has 0 radical (unpaired) electrons. The Labute approximate surface area is 120 Å². The summed E-state index contributed by atoms with van der Waals surface area (Å²) >= 11 is 1.71. The van der Waals surface area contributed by atoms with E-state index in [4.69, 9.17) is 0 Å². The molecule has 0 aliphatic rings. The van der Waals surface area contributed by atoms with Crippen LogP contribution in [0.2, 0.25) is 0 Å². The smallest absolute Gasteiger partial charge is 0.306 e. The van der Waals surface area contributed by atoms with Gasteiger partial charge in [0.15, 0.2) is 0 Å². The Morgan fingerprint density at radius 3 is 2.79 bits per heavy atom. The highest BCUT2D eigenvalue weighted by Crippen LogP contribution is 2.23. The van der Waals surface area contributed by atoms with Crippen LogP contribution >= 0.6 is 11.8 Å². The summed E-state index contributed by atoms with van der Waals surface area (Å²) in [4.78, 5) is 12.3. The van der Waals surface area contributed by atoms with E-state index in [9.17, 15) is 4.79 Å². The maximum absolute atomic E-state index is 11.1. The molecule has 1 aromatic rings. The average Bonchev–Trinajstić information content (AvgIpc) is 2.40. The van der Waals surface area contributed by atoms with Crippen molar-refractivity contribution in [1.82, 2.24) is 5.32 Å². The van der Waals surface area contributed by atoms with E-state index in [-0.39, 0.29) is 5.97 Å². The molecule has 0 bridgehead atoms. The Morgan fingerprint density at radius 2 is 2.11 bits per heavy atom. The van der Waals surface area contributed by atoms with E-state index in [0.717, 1.165) is 18.8 Å². The molecule has 19 heavy (non-hydrogen) atoms. The van der Waals surface area contributed by atoms with Gasteiger partial charge in [-0.25, -0.2) is 0 Å². The van der Waals surface area contributed by atoms with Crippen molar-refractivity contribution in [3.05, 3.63) is 29.8 Å². The molecule has 0 aliphatic heterocycles. The molecule has 3 nitrogen and oxygen atoms in total. The fourth-order valence-corrected chi connectivity index (χ4v) is 2.62. The number of carbonyl (C=O) groups is 1. The molecule has 0 aliphatic carbocycles. The third kappa shape index (κ3) is 6.64. The summed E-state index contributed by atoms with van der Waals surface area (Å²) < 4.78 is 4.65. The standard InChI is InChI=1S/C15H23NO2S/c1-12(2)10-16-11-13-6-4-5-7-14(13)19-9-8-15(17)18-3/h4-7,12,16H,8-11H2,1-3H3. The lowest BCUT2D eigenvalue weighted by Gasteiger charge is -2.11. The predicted octanol–water partition coefficient (Wildman–Crippen LogP) is 3.09. The Balaban J connectivity index is 2.46. The molecule has 106 valence electrons. The third-order valence-corrected chi connectivity index (χ3v) is 3.75. The zero-order valence-electron chi connectivity index (χ0n) is 11.9. The molecule has 4 heteroatoms. The van der Waals surface area contributed by atoms with Gasteiger partial charge in [0.25, 0.3) is 0 Å². The van der Waals surface area contributed by atoms with Gasteiger partial charge in [-0.3, -0.25) is 4.79 Å². The summed E-state index contributed by atoms with van der Waals surface area (Å²) in [5, 5.41) is 3.45. The van der Waals surface area contributed by atoms with Crippen molar-refractivity contribution >= 4 is 17.7 Å². The first kappa shape index (κ1) is 16.1. The minimum Gasteiger partial charge on any atom is -0.469 e. The molecule has 1 aromatic carbocycles. The number of carbonyl (C=O) groups excluding carboxylic acids is 1. The highest BCUT2D eigenvalue weighted by atomic mass is 32.2. The lowest BCUT2D eigenvalue weighted by Crippen LogP contribution is -2.19. The molecule has 1 N–H and O–H groups in total. The maximum atomic E-state index is 11.1. The Morgan fingerprint density at radius 1 is 1.37 bits per heavy atom. The molecule has 0 amide bonds. The molecule has 0 heterocycles. The second kappa shape index (κ2) is 8.99. The summed E-state index contributed by atoms with van der Waals surface area (Å²) in [6, 6.07) is 8.32. The van der Waals surface area contributed by atoms with Crippen LogP contribution in [0.5, 0.6) is 0 Å². The van der Waals surface area contributed by atoms with E-state index in [1.807, 2.05) is 6.07 Å². The van der Waals surface area contributed by atoms with Gasteiger partial charge in [0, 0.05) is 17.2 Å². The first-order valence-electron chi connectivity index (χ1n) is 6.61. The fraction of sp³-hybridized carbons (Fsp3) is 0.533. The van der Waals surface area contributed by atoms with Gasteiger partial charge in [0.1, 0.15) is 0 Å². The predicted molar refractivity (Wildman–Crippen MR) is 80.3 cm³/mol. The van der Waals surface area contributed by atoms with Crippen molar-refractivity contribution in [2.75, 3.05) is 19.4 Å². The fourth-order valence-electron chi connectivity index (χ4n) is 1.63. The van der Waals surface area contributed by atoms with Crippen LogP contribution in [0.15, 0.2) is 29.2 Å². The van der Waals surface area contributed by atoms with Crippen LogP contribution in [-0.4, -0.2) is 25.4 Å². The Hall–Kier alpha value is -1.00. The van der Waals surface area contributed by atoms with Crippen molar-refractivity contribution in [3.8, 4) is 0 Å². The minimum atomic E-state index is -0.150. The first-order chi connectivity index (χ1) is 9.13. The van der Waals surface area contributed by atoms with Gasteiger partial charge in [0.05, 0.1) is 13.5 Å². The number of ether oxygens (including phenoxy) is 1. The molecule has 0 saturated carbocycles. The first-order valence-corrected chi connectivity index (χ1v) is 7.60. The summed E-state index contributed by atoms with van der Waals surface area (Å²) in [5.74, 6) is 1.26. The molecule has 0 fully saturated rings. The Bertz CT molecular complexity index is 393. The van der Waals surface area contributed by atoms with E-state index in [2.05, 4.69) is 42.1 Å². The highest BCUT2D eigenvalue weighted by molar-refractivity contribution is 7.99. The second-order valence-corrected chi connectivity index (χ2v) is 5.94. The maximum Gasteiger partial charge on any atom is 0.306 e. The molecular formula is C15H23NO2S. The van der Waals surface area contributed by atoms with Crippen molar-refractivity contribution < 1.29 is 9.53 Å². The molecule has 0 saturated heterocycles. The quantitative estimate of drug-likeness (QED) is 0.587. The monoisotopic (exact) mass is 281 g/mol. The van der Waals surface area contributed by atoms with Gasteiger partial charge in [-0.1, -0.05) is 32.0 Å². The molecular weight excluding hydrogens is 258 g/mol. The van der Waals surface area contributed by atoms with Gasteiger partial charge in [0.2, 0.25) is 0 Å². The van der Waals surface area contributed by atoms with Crippen LogP contribution in [0.4, 0.5) is 0 Å². The van der Waals surface area contributed by atoms with Crippen molar-refractivity contribution in [1.29, 1.82) is 0 Å². The van der Waals surface area contributed by atoms with Crippen molar-refractivity contribution in [3.63, 3.8) is 0 Å². The van der Waals surface area contributed by atoms with E-state index in [0.29, 0.717) is 12.3 Å². The lowest BCUT2D eigenvalue weighted by atomic mass is 10.2. The van der Waals surface area contributed by atoms with E-state index < -0.39 is 0 Å². The molecule has 0 atom stereocenters. The van der Waals surface area contributed by atoms with Crippen LogP contribution in [-0.2, 0) is 16.1 Å². The van der Waals surface area contributed by atoms with Crippen LogP contribution in [0.25, 0.3) is 0 Å². The number of methoxy groups -OCH3 is 1. The number of benzene rings is 1. The number of rotatable bonds is 8. The number of thioether (sulfide) groups is 1. The summed E-state index contributed by atoms with van der Waals surface area (Å²) in [7, 11) is 1.43. The van der Waals surface area contributed by atoms with Gasteiger partial charge in [-0.05, 0) is 24.1 Å². The molecule has 0 aromatic heterocycles. The number of esters is 1. The van der Waals surface area contributed by atoms with Gasteiger partial charge in [-0.2, -0.15) is 0 Å². The van der Waals surface area contributed by atoms with Crippen LogP contribution < -0.4 is 5.32 Å². The summed E-state index contributed by atoms with van der Waals surface area (Å²) in [6.07, 6.45) is 0.453. The molecule has 1 rings (SSSR count). The molecule has 0 unspecified atom stereocenters. The highest BCUT2D eigenvalue weighted by Gasteiger charge is 2.05. The van der Waals surface area contributed by atoms with Crippen molar-refractivity contribution in [2.24, 2.45) is 5.92 Å². The number of hydrogen-bond acceptors (Lipinski definition) is 4. The normalized spacial score (nSPS) is 10.7. The van der Waals surface area contributed by atoms with Crippen LogP contribution in [0.1, 0.15) is 25.8 Å². The summed E-state index contributed by atoms with van der Waals surface area (Å²) in [5.41, 5.74) is 1.29. The van der Waals surface area contributed by atoms with E-state index in [1.165, 1.54) is 17.6 Å². The number of nitrogens with one attached hydrogen (secondary N) is 1. The van der Waals surface area contributed by atoms with Gasteiger partial charge >= 0.3 is 5.97 Å². The van der Waals surface area contributed by atoms with Gasteiger partial charge in [-0.15, -0.1) is 11.8 Å². The van der Waals surface area contributed by atoms with E-state index >= 15 is 0 Å².